The number of anilines is 1. The maximum atomic E-state index is 11.8. The van der Waals surface area contributed by atoms with E-state index in [1.165, 1.54) is 0 Å². The molecule has 0 spiro atoms. The zero-order chi connectivity index (χ0) is 13.0. The highest BCUT2D eigenvalue weighted by molar-refractivity contribution is 7.99. The van der Waals surface area contributed by atoms with Gasteiger partial charge in [0.2, 0.25) is 11.8 Å². The van der Waals surface area contributed by atoms with Gasteiger partial charge in [-0.05, 0) is 17.7 Å². The van der Waals surface area contributed by atoms with Gasteiger partial charge in [-0.1, -0.05) is 12.1 Å². The SMILES string of the molecule is Cl.NC(=O)Cc1ccc(NC(=O)C2CSCN2)cc1. The van der Waals surface area contributed by atoms with E-state index in [0.717, 1.165) is 22.9 Å². The molecule has 0 aliphatic carbocycles. The predicted octanol–water partition coefficient (Wildman–Crippen LogP) is 0.737. The lowest BCUT2D eigenvalue weighted by atomic mass is 10.1. The summed E-state index contributed by atoms with van der Waals surface area (Å²) in [5.74, 6) is 1.22. The summed E-state index contributed by atoms with van der Waals surface area (Å²) in [5, 5.41) is 5.94. The fourth-order valence-electron chi connectivity index (χ4n) is 1.70. The van der Waals surface area contributed by atoms with Crippen molar-refractivity contribution in [3.05, 3.63) is 29.8 Å². The standard InChI is InChI=1S/C12H15N3O2S.ClH/c13-11(16)5-8-1-3-9(4-2-8)15-12(17)10-6-18-7-14-10;/h1-4,10,14H,5-7H2,(H2,13,16)(H,15,17);1H. The van der Waals surface area contributed by atoms with Crippen LogP contribution in [0.25, 0.3) is 0 Å². The first-order valence-corrected chi connectivity index (χ1v) is 6.80. The fraction of sp³-hybridized carbons (Fsp3) is 0.333. The molecule has 0 radical (unpaired) electrons. The predicted molar refractivity (Wildman–Crippen MR) is 79.5 cm³/mol. The second-order valence-electron chi connectivity index (χ2n) is 4.10. The van der Waals surface area contributed by atoms with Gasteiger partial charge >= 0.3 is 0 Å². The van der Waals surface area contributed by atoms with Gasteiger partial charge in [0.1, 0.15) is 0 Å². The van der Waals surface area contributed by atoms with Gasteiger partial charge in [0.15, 0.2) is 0 Å². The molecule has 1 saturated heterocycles. The molecule has 5 nitrogen and oxygen atoms in total. The third-order valence-corrected chi connectivity index (χ3v) is 3.57. The largest absolute Gasteiger partial charge is 0.369 e. The Morgan fingerprint density at radius 1 is 1.37 bits per heavy atom. The van der Waals surface area contributed by atoms with Gasteiger partial charge in [-0.3, -0.25) is 14.9 Å². The molecule has 0 saturated carbocycles. The normalized spacial score (nSPS) is 17.6. The van der Waals surface area contributed by atoms with E-state index >= 15 is 0 Å². The zero-order valence-electron chi connectivity index (χ0n) is 10.2. The molecule has 1 aliphatic rings. The minimum absolute atomic E-state index is 0. The monoisotopic (exact) mass is 301 g/mol. The number of halogens is 1. The number of amides is 2. The molecule has 1 aliphatic heterocycles. The van der Waals surface area contributed by atoms with Crippen molar-refractivity contribution in [2.24, 2.45) is 5.73 Å². The Bertz CT molecular complexity index is 447. The number of nitrogens with one attached hydrogen (secondary N) is 2. The fourth-order valence-corrected chi connectivity index (χ4v) is 2.64. The van der Waals surface area contributed by atoms with Crippen LogP contribution in [0.2, 0.25) is 0 Å². The van der Waals surface area contributed by atoms with Crippen LogP contribution in [0.4, 0.5) is 5.69 Å². The van der Waals surface area contributed by atoms with Crippen molar-refractivity contribution >= 4 is 41.7 Å². The summed E-state index contributed by atoms with van der Waals surface area (Å²) in [6, 6.07) is 7.01. The number of carbonyl (C=O) groups excluding carboxylic acids is 2. The molecular weight excluding hydrogens is 286 g/mol. The lowest BCUT2D eigenvalue weighted by Crippen LogP contribution is -2.37. The quantitative estimate of drug-likeness (QED) is 0.766. The summed E-state index contributed by atoms with van der Waals surface area (Å²) in [5.41, 5.74) is 6.68. The summed E-state index contributed by atoms with van der Waals surface area (Å²) < 4.78 is 0. The van der Waals surface area contributed by atoms with E-state index < -0.39 is 0 Å². The summed E-state index contributed by atoms with van der Waals surface area (Å²) in [6.45, 7) is 0. The number of hydrogen-bond acceptors (Lipinski definition) is 4. The Morgan fingerprint density at radius 2 is 2.05 bits per heavy atom. The molecule has 0 bridgehead atoms. The number of benzene rings is 1. The van der Waals surface area contributed by atoms with Crippen molar-refractivity contribution in [2.75, 3.05) is 16.9 Å². The molecule has 19 heavy (non-hydrogen) atoms. The molecule has 1 heterocycles. The molecule has 1 aromatic rings. The maximum absolute atomic E-state index is 11.8. The highest BCUT2D eigenvalue weighted by Gasteiger charge is 2.22. The van der Waals surface area contributed by atoms with Crippen LogP contribution in [-0.2, 0) is 16.0 Å². The lowest BCUT2D eigenvalue weighted by molar-refractivity contribution is -0.118. The highest BCUT2D eigenvalue weighted by Crippen LogP contribution is 2.14. The Morgan fingerprint density at radius 3 is 2.58 bits per heavy atom. The molecular formula is C12H16ClN3O2S. The van der Waals surface area contributed by atoms with Crippen LogP contribution in [-0.4, -0.2) is 29.5 Å². The molecule has 4 N–H and O–H groups in total. The van der Waals surface area contributed by atoms with Gasteiger partial charge in [-0.15, -0.1) is 24.2 Å². The minimum atomic E-state index is -0.362. The smallest absolute Gasteiger partial charge is 0.242 e. The molecule has 2 amide bonds. The molecule has 104 valence electrons. The second kappa shape index (κ2) is 7.37. The highest BCUT2D eigenvalue weighted by atomic mass is 35.5. The Hall–Kier alpha value is -1.24. The second-order valence-corrected chi connectivity index (χ2v) is 5.13. The minimum Gasteiger partial charge on any atom is -0.369 e. The van der Waals surface area contributed by atoms with Crippen LogP contribution in [0.1, 0.15) is 5.56 Å². The Kier molecular flexibility index (Phi) is 6.14. The van der Waals surface area contributed by atoms with Crippen molar-refractivity contribution in [2.45, 2.75) is 12.5 Å². The van der Waals surface area contributed by atoms with E-state index in [0.29, 0.717) is 0 Å². The molecule has 1 unspecified atom stereocenters. The van der Waals surface area contributed by atoms with Crippen molar-refractivity contribution < 1.29 is 9.59 Å². The first kappa shape index (κ1) is 15.8. The van der Waals surface area contributed by atoms with Crippen LogP contribution in [0.3, 0.4) is 0 Å². The number of thioether (sulfide) groups is 1. The lowest BCUT2D eigenvalue weighted by Gasteiger charge is -2.10. The number of nitrogens with two attached hydrogens (primary N) is 1. The van der Waals surface area contributed by atoms with Gasteiger partial charge in [0.05, 0.1) is 12.5 Å². The maximum Gasteiger partial charge on any atom is 0.242 e. The van der Waals surface area contributed by atoms with Gasteiger partial charge in [-0.2, -0.15) is 0 Å². The molecule has 2 rings (SSSR count). The van der Waals surface area contributed by atoms with E-state index in [4.69, 9.17) is 5.73 Å². The number of rotatable bonds is 4. The van der Waals surface area contributed by atoms with Crippen molar-refractivity contribution in [3.8, 4) is 0 Å². The summed E-state index contributed by atoms with van der Waals surface area (Å²) in [6.07, 6.45) is 0.217. The molecule has 0 aromatic heterocycles. The average Bonchev–Trinajstić information content (AvgIpc) is 2.84. The van der Waals surface area contributed by atoms with Gasteiger partial charge in [0.25, 0.3) is 0 Å². The Balaban J connectivity index is 0.00000180. The Labute approximate surface area is 122 Å². The average molecular weight is 302 g/mol. The zero-order valence-corrected chi connectivity index (χ0v) is 11.9. The van der Waals surface area contributed by atoms with Crippen LogP contribution in [0.15, 0.2) is 24.3 Å². The van der Waals surface area contributed by atoms with E-state index in [9.17, 15) is 9.59 Å². The van der Waals surface area contributed by atoms with Crippen LogP contribution >= 0.6 is 24.2 Å². The van der Waals surface area contributed by atoms with Crippen LogP contribution in [0.5, 0.6) is 0 Å². The molecule has 1 fully saturated rings. The van der Waals surface area contributed by atoms with Crippen LogP contribution in [0, 0.1) is 0 Å². The van der Waals surface area contributed by atoms with Crippen molar-refractivity contribution in [1.29, 1.82) is 0 Å². The van der Waals surface area contributed by atoms with Crippen LogP contribution < -0.4 is 16.4 Å². The van der Waals surface area contributed by atoms with E-state index in [1.54, 1.807) is 36.0 Å². The van der Waals surface area contributed by atoms with E-state index in [2.05, 4.69) is 10.6 Å². The van der Waals surface area contributed by atoms with Gasteiger partial charge in [-0.25, -0.2) is 0 Å². The summed E-state index contributed by atoms with van der Waals surface area (Å²) in [4.78, 5) is 22.6. The molecule has 7 heteroatoms. The third kappa shape index (κ3) is 4.74. The first-order chi connectivity index (χ1) is 8.65. The van der Waals surface area contributed by atoms with E-state index in [1.807, 2.05) is 0 Å². The third-order valence-electron chi connectivity index (χ3n) is 2.63. The summed E-state index contributed by atoms with van der Waals surface area (Å²) in [7, 11) is 0. The number of hydrogen-bond donors (Lipinski definition) is 3. The number of carbonyl (C=O) groups is 2. The van der Waals surface area contributed by atoms with Gasteiger partial charge in [0, 0.05) is 17.3 Å². The first-order valence-electron chi connectivity index (χ1n) is 5.64. The van der Waals surface area contributed by atoms with E-state index in [-0.39, 0.29) is 36.7 Å². The topological polar surface area (TPSA) is 84.2 Å². The van der Waals surface area contributed by atoms with Crippen molar-refractivity contribution in [3.63, 3.8) is 0 Å². The summed E-state index contributed by atoms with van der Waals surface area (Å²) >= 11 is 1.71. The molecule has 1 aromatic carbocycles. The van der Waals surface area contributed by atoms with Crippen molar-refractivity contribution in [1.82, 2.24) is 5.32 Å². The number of primary amides is 1. The molecule has 1 atom stereocenters. The van der Waals surface area contributed by atoms with Gasteiger partial charge < -0.3 is 11.1 Å².